The number of carbonyl (C=O) groups is 1. The molecule has 1 saturated heterocycles. The highest BCUT2D eigenvalue weighted by Crippen LogP contribution is 2.40. The summed E-state index contributed by atoms with van der Waals surface area (Å²) in [6, 6.07) is 17.8. The molecule has 2 heterocycles. The molecule has 0 radical (unpaired) electrons. The Hall–Kier alpha value is -2.32. The second-order valence-corrected chi connectivity index (χ2v) is 11.9. The zero-order valence-corrected chi connectivity index (χ0v) is 25.2. The number of hydrogen-bond donors (Lipinski definition) is 1. The molecule has 0 unspecified atom stereocenters. The molecule has 1 aliphatic heterocycles. The van der Waals surface area contributed by atoms with Crippen LogP contribution in [0, 0.1) is 10.5 Å². The van der Waals surface area contributed by atoms with Crippen molar-refractivity contribution in [1.82, 2.24) is 9.88 Å². The fraction of sp³-hybridized carbons (Fsp3) is 0.222. The standard InChI is InChI=1S/C27H21ClF2I2N2O4/c1-15-24(36-18-6-4-17(28)5-7-18)20-9-8-19(37-27(29,30)32)12-23(20)34(15)13-16-3-10-22(31)21(11-16)26(2)14-33-25(35)38-26/h3-12H,13-14H2,1-2H3,(H,33,35)/t26-/m1/s1. The van der Waals surface area contributed by atoms with E-state index in [1.165, 1.54) is 6.07 Å². The topological polar surface area (TPSA) is 61.7 Å². The number of carbonyl (C=O) groups excluding carboxylic acids is 1. The molecule has 0 saturated carbocycles. The Balaban J connectivity index is 1.59. The van der Waals surface area contributed by atoms with Crippen LogP contribution in [-0.4, -0.2) is 21.3 Å². The molecule has 4 aromatic rings. The molecule has 0 aliphatic carbocycles. The van der Waals surface area contributed by atoms with E-state index in [1.807, 2.05) is 36.6 Å². The van der Waals surface area contributed by atoms with Crippen LogP contribution in [-0.2, 0) is 16.9 Å². The maximum Gasteiger partial charge on any atom is 0.451 e. The molecule has 0 spiro atoms. The molecule has 1 fully saturated rings. The quantitative estimate of drug-likeness (QED) is 0.152. The number of nitrogens with zero attached hydrogens (tertiary/aromatic N) is 1. The molecule has 1 amide bonds. The van der Waals surface area contributed by atoms with Gasteiger partial charge in [0.2, 0.25) is 0 Å². The third-order valence-electron chi connectivity index (χ3n) is 6.33. The lowest BCUT2D eigenvalue weighted by Crippen LogP contribution is -2.27. The van der Waals surface area contributed by atoms with E-state index in [0.29, 0.717) is 35.1 Å². The number of aromatic nitrogens is 1. The number of hydrogen-bond acceptors (Lipinski definition) is 4. The molecule has 1 aromatic heterocycles. The van der Waals surface area contributed by atoms with Gasteiger partial charge in [0.1, 0.15) is 11.5 Å². The van der Waals surface area contributed by atoms with Crippen LogP contribution < -0.4 is 14.8 Å². The van der Waals surface area contributed by atoms with E-state index >= 15 is 0 Å². The summed E-state index contributed by atoms with van der Waals surface area (Å²) in [6.45, 7) is 4.56. The van der Waals surface area contributed by atoms with Crippen LogP contribution in [0.3, 0.4) is 0 Å². The summed E-state index contributed by atoms with van der Waals surface area (Å²) in [7, 11) is 0. The average Bonchev–Trinajstić information content (AvgIpc) is 3.32. The first-order valence-electron chi connectivity index (χ1n) is 11.5. The molecule has 38 heavy (non-hydrogen) atoms. The van der Waals surface area contributed by atoms with E-state index in [2.05, 4.69) is 27.9 Å². The van der Waals surface area contributed by atoms with Crippen molar-refractivity contribution in [2.75, 3.05) is 6.54 Å². The van der Waals surface area contributed by atoms with Crippen LogP contribution in [0.25, 0.3) is 10.9 Å². The smallest absolute Gasteiger partial charge is 0.451 e. The minimum Gasteiger partial charge on any atom is -0.455 e. The molecule has 198 valence electrons. The van der Waals surface area contributed by atoms with Crippen LogP contribution >= 0.6 is 56.8 Å². The van der Waals surface area contributed by atoms with Gasteiger partial charge in [-0.2, -0.15) is 8.78 Å². The third kappa shape index (κ3) is 5.67. The van der Waals surface area contributed by atoms with Crippen LogP contribution in [0.1, 0.15) is 23.7 Å². The maximum absolute atomic E-state index is 13.6. The van der Waals surface area contributed by atoms with E-state index in [9.17, 15) is 13.6 Å². The van der Waals surface area contributed by atoms with Gasteiger partial charge < -0.3 is 24.1 Å². The van der Waals surface area contributed by atoms with Crippen molar-refractivity contribution in [2.45, 2.75) is 30.1 Å². The van der Waals surface area contributed by atoms with Gasteiger partial charge in [-0.3, -0.25) is 0 Å². The molecule has 1 aliphatic rings. The molecule has 6 nitrogen and oxygen atoms in total. The van der Waals surface area contributed by atoms with Crippen molar-refractivity contribution in [1.29, 1.82) is 0 Å². The van der Waals surface area contributed by atoms with Crippen molar-refractivity contribution in [3.63, 3.8) is 0 Å². The van der Waals surface area contributed by atoms with Gasteiger partial charge in [-0.05, 0) is 90.5 Å². The van der Waals surface area contributed by atoms with Crippen LogP contribution in [0.2, 0.25) is 5.02 Å². The van der Waals surface area contributed by atoms with E-state index in [0.717, 1.165) is 48.4 Å². The monoisotopic (exact) mass is 764 g/mol. The highest BCUT2D eigenvalue weighted by molar-refractivity contribution is 14.1. The summed E-state index contributed by atoms with van der Waals surface area (Å²) in [6.07, 6.45) is -0.454. The van der Waals surface area contributed by atoms with Crippen LogP contribution in [0.15, 0.2) is 60.7 Å². The zero-order chi connectivity index (χ0) is 27.2. The fourth-order valence-electron chi connectivity index (χ4n) is 4.50. The number of nitrogens with one attached hydrogen (secondary N) is 1. The minimum absolute atomic E-state index is 0.0356. The van der Waals surface area contributed by atoms with Gasteiger partial charge >= 0.3 is 10.2 Å². The van der Waals surface area contributed by atoms with Gasteiger partial charge in [-0.15, -0.1) is 0 Å². The highest BCUT2D eigenvalue weighted by atomic mass is 127. The first-order chi connectivity index (χ1) is 17.9. The lowest BCUT2D eigenvalue weighted by molar-refractivity contribution is -0.0690. The summed E-state index contributed by atoms with van der Waals surface area (Å²) >= 11 is 9.20. The van der Waals surface area contributed by atoms with Crippen molar-refractivity contribution in [3.8, 4) is 17.2 Å². The SMILES string of the molecule is Cc1c(Oc2ccc(Cl)cc2)c2ccc(OC(F)(F)I)cc2n1Cc1ccc(I)c([C@@]2(C)CNC(=O)O2)c1. The molecule has 0 bridgehead atoms. The first kappa shape index (κ1) is 27.3. The number of alkyl carbamates (subject to hydrolysis) is 1. The second kappa shape index (κ2) is 10.3. The lowest BCUT2D eigenvalue weighted by Gasteiger charge is -2.24. The van der Waals surface area contributed by atoms with E-state index in [4.69, 9.17) is 25.8 Å². The predicted octanol–water partition coefficient (Wildman–Crippen LogP) is 8.37. The van der Waals surface area contributed by atoms with Gasteiger partial charge in [0, 0.05) is 32.2 Å². The number of alkyl halides is 3. The Morgan fingerprint density at radius 1 is 1.13 bits per heavy atom. The Kier molecular flexibility index (Phi) is 7.42. The van der Waals surface area contributed by atoms with E-state index < -0.39 is 15.8 Å². The zero-order valence-electron chi connectivity index (χ0n) is 20.2. The van der Waals surface area contributed by atoms with Crippen LogP contribution in [0.5, 0.6) is 17.2 Å². The lowest BCUT2D eigenvalue weighted by atomic mass is 9.94. The molecule has 1 N–H and O–H groups in total. The van der Waals surface area contributed by atoms with E-state index in [1.54, 1.807) is 36.4 Å². The average molecular weight is 765 g/mol. The van der Waals surface area contributed by atoms with Crippen LogP contribution in [0.4, 0.5) is 13.6 Å². The Morgan fingerprint density at radius 2 is 1.84 bits per heavy atom. The summed E-state index contributed by atoms with van der Waals surface area (Å²) in [5.41, 5.74) is 2.49. The summed E-state index contributed by atoms with van der Waals surface area (Å²) < 4.78 is 43.5. The normalized spacial score (nSPS) is 17.4. The number of amides is 1. The van der Waals surface area contributed by atoms with Crippen molar-refractivity contribution >= 4 is 73.8 Å². The molecular formula is C27H21ClF2I2N2O4. The highest BCUT2D eigenvalue weighted by Gasteiger charge is 2.39. The minimum atomic E-state index is -3.35. The summed E-state index contributed by atoms with van der Waals surface area (Å²) in [5.74, 6) is 1.23. The van der Waals surface area contributed by atoms with Gasteiger partial charge in [-0.1, -0.05) is 17.7 Å². The number of benzene rings is 3. The fourth-order valence-corrected chi connectivity index (χ4v) is 5.79. The molecule has 3 aromatic carbocycles. The number of fused-ring (bicyclic) bond motifs is 1. The number of ether oxygens (including phenoxy) is 3. The maximum atomic E-state index is 13.6. The third-order valence-corrected chi connectivity index (χ3v) is 7.75. The van der Waals surface area contributed by atoms with E-state index in [-0.39, 0.29) is 5.75 Å². The Bertz CT molecular complexity index is 1540. The summed E-state index contributed by atoms with van der Waals surface area (Å²) in [4.78, 5) is 11.8. The van der Waals surface area contributed by atoms with Gasteiger partial charge in [-0.25, -0.2) is 4.79 Å². The predicted molar refractivity (Wildman–Crippen MR) is 158 cm³/mol. The first-order valence-corrected chi connectivity index (χ1v) is 14.0. The van der Waals surface area contributed by atoms with Gasteiger partial charge in [0.15, 0.2) is 11.4 Å². The molecule has 1 atom stereocenters. The van der Waals surface area contributed by atoms with Crippen molar-refractivity contribution < 1.29 is 27.8 Å². The number of rotatable bonds is 7. The second-order valence-electron chi connectivity index (χ2n) is 9.07. The number of halogens is 5. The van der Waals surface area contributed by atoms with Crippen molar-refractivity contribution in [3.05, 3.63) is 86.1 Å². The summed E-state index contributed by atoms with van der Waals surface area (Å²) in [5, 5.41) is 4.05. The number of cyclic esters (lactones) is 1. The molecular weight excluding hydrogens is 744 g/mol. The molecule has 5 rings (SSSR count). The largest absolute Gasteiger partial charge is 0.455 e. The van der Waals surface area contributed by atoms with Crippen molar-refractivity contribution in [2.24, 2.45) is 0 Å². The molecule has 11 heteroatoms. The Labute approximate surface area is 249 Å². The Morgan fingerprint density at radius 3 is 2.50 bits per heavy atom. The van der Waals surface area contributed by atoms with Gasteiger partial charge in [0.25, 0.3) is 0 Å². The van der Waals surface area contributed by atoms with Gasteiger partial charge in [0.05, 0.1) is 40.3 Å².